The average Bonchev–Trinajstić information content (AvgIpc) is 3.22. The van der Waals surface area contributed by atoms with Gasteiger partial charge in [0.05, 0.1) is 12.1 Å². The zero-order chi connectivity index (χ0) is 12.4. The molecule has 0 radical (unpaired) electrons. The Morgan fingerprint density at radius 2 is 2.11 bits per heavy atom. The molecule has 2 aromatic rings. The van der Waals surface area contributed by atoms with Crippen molar-refractivity contribution in [3.63, 3.8) is 0 Å². The lowest BCUT2D eigenvalue weighted by molar-refractivity contribution is 0.289. The third-order valence-corrected chi connectivity index (χ3v) is 3.44. The topological polar surface area (TPSA) is 48.1 Å². The molecule has 3 rings (SSSR count). The monoisotopic (exact) mass is 242 g/mol. The number of hydrogen-bond donors (Lipinski definition) is 1. The van der Waals surface area contributed by atoms with Crippen molar-refractivity contribution in [3.05, 3.63) is 35.9 Å². The van der Waals surface area contributed by atoms with E-state index in [9.17, 15) is 0 Å². The second kappa shape index (κ2) is 4.94. The number of nitrogens with zero attached hydrogens (tertiary/aromatic N) is 1. The Balaban J connectivity index is 1.83. The SMILES string of the molecule is NCc1cc2ccccc2nc1OCCC1CC1. The van der Waals surface area contributed by atoms with E-state index in [4.69, 9.17) is 10.5 Å². The summed E-state index contributed by atoms with van der Waals surface area (Å²) >= 11 is 0. The summed E-state index contributed by atoms with van der Waals surface area (Å²) in [4.78, 5) is 4.56. The molecule has 1 saturated carbocycles. The van der Waals surface area contributed by atoms with Gasteiger partial charge in [-0.25, -0.2) is 4.98 Å². The summed E-state index contributed by atoms with van der Waals surface area (Å²) in [5.74, 6) is 1.59. The molecule has 0 unspecified atom stereocenters. The first-order valence-corrected chi connectivity index (χ1v) is 6.58. The third-order valence-electron chi connectivity index (χ3n) is 3.44. The number of benzene rings is 1. The Labute approximate surface area is 107 Å². The highest BCUT2D eigenvalue weighted by atomic mass is 16.5. The summed E-state index contributed by atoms with van der Waals surface area (Å²) in [6.45, 7) is 1.22. The van der Waals surface area contributed by atoms with Gasteiger partial charge in [-0.05, 0) is 24.5 Å². The molecule has 1 aliphatic carbocycles. The zero-order valence-electron chi connectivity index (χ0n) is 10.4. The number of aromatic nitrogens is 1. The molecule has 1 heterocycles. The molecule has 0 spiro atoms. The van der Waals surface area contributed by atoms with E-state index in [2.05, 4.69) is 17.1 Å². The van der Waals surface area contributed by atoms with Crippen molar-refractivity contribution in [3.8, 4) is 5.88 Å². The van der Waals surface area contributed by atoms with E-state index in [-0.39, 0.29) is 0 Å². The van der Waals surface area contributed by atoms with Gasteiger partial charge < -0.3 is 10.5 Å². The van der Waals surface area contributed by atoms with Gasteiger partial charge >= 0.3 is 0 Å². The molecule has 1 aliphatic rings. The maximum Gasteiger partial charge on any atom is 0.218 e. The quantitative estimate of drug-likeness (QED) is 0.877. The summed E-state index contributed by atoms with van der Waals surface area (Å²) in [5, 5.41) is 1.12. The highest BCUT2D eigenvalue weighted by Gasteiger charge is 2.21. The Kier molecular flexibility index (Phi) is 3.15. The van der Waals surface area contributed by atoms with Gasteiger partial charge in [0, 0.05) is 17.5 Å². The van der Waals surface area contributed by atoms with E-state index in [0.717, 1.165) is 35.4 Å². The molecule has 2 N–H and O–H groups in total. The van der Waals surface area contributed by atoms with E-state index in [0.29, 0.717) is 12.4 Å². The molecule has 3 heteroatoms. The van der Waals surface area contributed by atoms with Crippen LogP contribution in [0.1, 0.15) is 24.8 Å². The number of hydrogen-bond acceptors (Lipinski definition) is 3. The van der Waals surface area contributed by atoms with Gasteiger partial charge in [-0.15, -0.1) is 0 Å². The van der Waals surface area contributed by atoms with Gasteiger partial charge in [0.15, 0.2) is 0 Å². The van der Waals surface area contributed by atoms with Crippen LogP contribution in [-0.2, 0) is 6.54 Å². The number of fused-ring (bicyclic) bond motifs is 1. The molecule has 18 heavy (non-hydrogen) atoms. The van der Waals surface area contributed by atoms with Gasteiger partial charge in [0.25, 0.3) is 0 Å². The van der Waals surface area contributed by atoms with Gasteiger partial charge in [0.1, 0.15) is 0 Å². The predicted octanol–water partition coefficient (Wildman–Crippen LogP) is 2.87. The third kappa shape index (κ3) is 2.46. The summed E-state index contributed by atoms with van der Waals surface area (Å²) in [7, 11) is 0. The van der Waals surface area contributed by atoms with Crippen molar-refractivity contribution in [1.82, 2.24) is 4.98 Å². The molecule has 0 saturated heterocycles. The van der Waals surface area contributed by atoms with Crippen LogP contribution in [0.25, 0.3) is 10.9 Å². The Morgan fingerprint density at radius 3 is 2.89 bits per heavy atom. The lowest BCUT2D eigenvalue weighted by Crippen LogP contribution is -2.06. The van der Waals surface area contributed by atoms with E-state index in [1.54, 1.807) is 0 Å². The van der Waals surface area contributed by atoms with E-state index < -0.39 is 0 Å². The van der Waals surface area contributed by atoms with Crippen LogP contribution in [0.3, 0.4) is 0 Å². The van der Waals surface area contributed by atoms with Gasteiger partial charge in [-0.1, -0.05) is 31.0 Å². The average molecular weight is 242 g/mol. The Bertz CT molecular complexity index is 549. The van der Waals surface area contributed by atoms with Crippen LogP contribution in [0, 0.1) is 5.92 Å². The fourth-order valence-corrected chi connectivity index (χ4v) is 2.14. The van der Waals surface area contributed by atoms with Crippen LogP contribution >= 0.6 is 0 Å². The highest BCUT2D eigenvalue weighted by Crippen LogP contribution is 2.32. The second-order valence-corrected chi connectivity index (χ2v) is 4.93. The second-order valence-electron chi connectivity index (χ2n) is 4.93. The van der Waals surface area contributed by atoms with E-state index in [1.807, 2.05) is 18.2 Å². The molecule has 0 aliphatic heterocycles. The van der Waals surface area contributed by atoms with Crippen molar-refractivity contribution in [2.45, 2.75) is 25.8 Å². The van der Waals surface area contributed by atoms with Crippen LogP contribution in [0.5, 0.6) is 5.88 Å². The molecule has 1 aromatic carbocycles. The fourth-order valence-electron chi connectivity index (χ4n) is 2.14. The first-order valence-electron chi connectivity index (χ1n) is 6.58. The molecule has 3 nitrogen and oxygen atoms in total. The lowest BCUT2D eigenvalue weighted by atomic mass is 10.1. The standard InChI is InChI=1S/C15H18N2O/c16-10-13-9-12-3-1-2-4-14(12)17-15(13)18-8-7-11-5-6-11/h1-4,9,11H,5-8,10,16H2. The number of pyridine rings is 1. The minimum Gasteiger partial charge on any atom is -0.477 e. The van der Waals surface area contributed by atoms with E-state index >= 15 is 0 Å². The van der Waals surface area contributed by atoms with Crippen LogP contribution in [0.15, 0.2) is 30.3 Å². The maximum atomic E-state index is 5.80. The number of nitrogens with two attached hydrogens (primary N) is 1. The molecule has 94 valence electrons. The highest BCUT2D eigenvalue weighted by molar-refractivity contribution is 5.79. The summed E-state index contributed by atoms with van der Waals surface area (Å²) < 4.78 is 5.80. The maximum absolute atomic E-state index is 5.80. The molecule has 1 fully saturated rings. The number of para-hydroxylation sites is 1. The predicted molar refractivity (Wildman–Crippen MR) is 72.5 cm³/mol. The minimum atomic E-state index is 0.469. The van der Waals surface area contributed by atoms with Crippen molar-refractivity contribution >= 4 is 10.9 Å². The minimum absolute atomic E-state index is 0.469. The smallest absolute Gasteiger partial charge is 0.218 e. The molecule has 0 amide bonds. The van der Waals surface area contributed by atoms with Crippen LogP contribution in [0.4, 0.5) is 0 Å². The van der Waals surface area contributed by atoms with Gasteiger partial charge in [-0.3, -0.25) is 0 Å². The molecule has 1 aromatic heterocycles. The number of rotatable bonds is 5. The molecular formula is C15H18N2O. The number of ether oxygens (including phenoxy) is 1. The Morgan fingerprint density at radius 1 is 1.28 bits per heavy atom. The lowest BCUT2D eigenvalue weighted by Gasteiger charge is -2.10. The van der Waals surface area contributed by atoms with Crippen LogP contribution < -0.4 is 10.5 Å². The summed E-state index contributed by atoms with van der Waals surface area (Å²) in [5.41, 5.74) is 7.72. The van der Waals surface area contributed by atoms with Crippen LogP contribution in [-0.4, -0.2) is 11.6 Å². The summed E-state index contributed by atoms with van der Waals surface area (Å²) in [6, 6.07) is 10.1. The molecule has 0 atom stereocenters. The largest absolute Gasteiger partial charge is 0.477 e. The van der Waals surface area contributed by atoms with Crippen LogP contribution in [0.2, 0.25) is 0 Å². The normalized spacial score (nSPS) is 14.9. The van der Waals surface area contributed by atoms with Crippen molar-refractivity contribution in [2.24, 2.45) is 11.7 Å². The van der Waals surface area contributed by atoms with E-state index in [1.165, 1.54) is 12.8 Å². The van der Waals surface area contributed by atoms with Gasteiger partial charge in [0.2, 0.25) is 5.88 Å². The zero-order valence-corrected chi connectivity index (χ0v) is 10.4. The summed E-state index contributed by atoms with van der Waals surface area (Å²) in [6.07, 6.45) is 3.86. The van der Waals surface area contributed by atoms with Gasteiger partial charge in [-0.2, -0.15) is 0 Å². The first kappa shape index (κ1) is 11.5. The van der Waals surface area contributed by atoms with Crippen molar-refractivity contribution in [1.29, 1.82) is 0 Å². The molecule has 0 bridgehead atoms. The van der Waals surface area contributed by atoms with Crippen molar-refractivity contribution < 1.29 is 4.74 Å². The van der Waals surface area contributed by atoms with Crippen molar-refractivity contribution in [2.75, 3.05) is 6.61 Å². The molecular weight excluding hydrogens is 224 g/mol. The first-order chi connectivity index (χ1) is 8.86. The fraction of sp³-hybridized carbons (Fsp3) is 0.400. The Hall–Kier alpha value is -1.61.